The van der Waals surface area contributed by atoms with E-state index in [2.05, 4.69) is 39.4 Å². The quantitative estimate of drug-likeness (QED) is 0.640. The minimum absolute atomic E-state index is 0.000805. The minimum Gasteiger partial charge on any atom is -0.355 e. The summed E-state index contributed by atoms with van der Waals surface area (Å²) in [4.78, 5) is 25.6. The lowest BCUT2D eigenvalue weighted by Crippen LogP contribution is -2.19. The van der Waals surface area contributed by atoms with E-state index in [4.69, 9.17) is 11.6 Å². The average molecular weight is 426 g/mol. The zero-order valence-corrected chi connectivity index (χ0v) is 17.6. The molecule has 1 aliphatic carbocycles. The van der Waals surface area contributed by atoms with Crippen molar-refractivity contribution >= 4 is 29.0 Å². The van der Waals surface area contributed by atoms with E-state index in [1.165, 1.54) is 24.4 Å². The first-order chi connectivity index (χ1) is 14.3. The molecule has 0 atom stereocenters. The molecule has 0 unspecified atom stereocenters. The van der Waals surface area contributed by atoms with Gasteiger partial charge in [-0.25, -0.2) is 14.4 Å². The maximum atomic E-state index is 14.5. The van der Waals surface area contributed by atoms with Crippen LogP contribution in [0, 0.1) is 11.2 Å². The van der Waals surface area contributed by atoms with Gasteiger partial charge in [0.25, 0.3) is 5.91 Å². The predicted octanol–water partition coefficient (Wildman–Crippen LogP) is 4.56. The summed E-state index contributed by atoms with van der Waals surface area (Å²) >= 11 is 6.08. The van der Waals surface area contributed by atoms with Gasteiger partial charge in [-0.05, 0) is 42.5 Å². The van der Waals surface area contributed by atoms with Gasteiger partial charge < -0.3 is 10.6 Å². The first-order valence-corrected chi connectivity index (χ1v) is 9.93. The molecule has 4 rings (SSSR count). The van der Waals surface area contributed by atoms with Crippen LogP contribution in [0.25, 0.3) is 11.4 Å². The molecule has 1 aromatic carbocycles. The lowest BCUT2D eigenvalue weighted by Gasteiger charge is -2.16. The molecule has 2 heterocycles. The highest BCUT2D eigenvalue weighted by Crippen LogP contribution is 2.40. The van der Waals surface area contributed by atoms with Gasteiger partial charge in [0.05, 0.1) is 22.5 Å². The highest BCUT2D eigenvalue weighted by molar-refractivity contribution is 6.30. The lowest BCUT2D eigenvalue weighted by atomic mass is 9.90. The summed E-state index contributed by atoms with van der Waals surface area (Å²) in [6.45, 7) is 4.31. The molecule has 1 amide bonds. The van der Waals surface area contributed by atoms with Crippen LogP contribution in [0.5, 0.6) is 0 Å². The van der Waals surface area contributed by atoms with Gasteiger partial charge in [0.2, 0.25) is 0 Å². The van der Waals surface area contributed by atoms with Crippen molar-refractivity contribution in [1.82, 2.24) is 20.3 Å². The Balaban J connectivity index is 1.85. The first kappa shape index (κ1) is 20.2. The predicted molar refractivity (Wildman–Crippen MR) is 115 cm³/mol. The van der Waals surface area contributed by atoms with Crippen molar-refractivity contribution in [1.29, 1.82) is 0 Å². The average Bonchev–Trinajstić information content (AvgIpc) is 3.03. The maximum Gasteiger partial charge on any atom is 0.254 e. The van der Waals surface area contributed by atoms with Crippen LogP contribution in [0.2, 0.25) is 5.02 Å². The number of amides is 1. The number of fused-ring (bicyclic) bond motifs is 1. The van der Waals surface area contributed by atoms with Crippen molar-refractivity contribution in [2.24, 2.45) is 5.41 Å². The van der Waals surface area contributed by atoms with Crippen molar-refractivity contribution in [3.05, 3.63) is 64.3 Å². The van der Waals surface area contributed by atoms with E-state index in [-0.39, 0.29) is 22.7 Å². The Bertz CT molecular complexity index is 1150. The summed E-state index contributed by atoms with van der Waals surface area (Å²) in [6.07, 6.45) is 4.60. The molecule has 0 spiro atoms. The van der Waals surface area contributed by atoms with Crippen molar-refractivity contribution in [2.75, 3.05) is 12.4 Å². The second-order valence-corrected chi connectivity index (χ2v) is 8.52. The van der Waals surface area contributed by atoms with Gasteiger partial charge in [-0.2, -0.15) is 0 Å². The summed E-state index contributed by atoms with van der Waals surface area (Å²) in [5.41, 5.74) is 3.01. The number of hydrogen-bond donors (Lipinski definition) is 2. The van der Waals surface area contributed by atoms with Gasteiger partial charge in [-0.3, -0.25) is 9.78 Å². The fourth-order valence-corrected chi connectivity index (χ4v) is 3.87. The number of aromatic nitrogens is 3. The van der Waals surface area contributed by atoms with Crippen molar-refractivity contribution in [3.63, 3.8) is 0 Å². The number of benzene rings is 1. The Labute approximate surface area is 178 Å². The van der Waals surface area contributed by atoms with Crippen molar-refractivity contribution in [3.8, 4) is 11.4 Å². The highest BCUT2D eigenvalue weighted by Gasteiger charge is 2.33. The molecule has 0 saturated carbocycles. The second-order valence-electron chi connectivity index (χ2n) is 8.09. The molecular weight excluding hydrogens is 405 g/mol. The number of carbonyl (C=O) groups excluding carboxylic acids is 1. The van der Waals surface area contributed by atoms with Crippen LogP contribution in [-0.2, 0) is 12.8 Å². The molecule has 154 valence electrons. The van der Waals surface area contributed by atoms with Crippen LogP contribution in [0.1, 0.15) is 35.5 Å². The molecule has 6 nitrogen and oxygen atoms in total. The number of rotatable bonds is 4. The van der Waals surface area contributed by atoms with E-state index in [1.54, 1.807) is 19.3 Å². The molecule has 0 saturated heterocycles. The topological polar surface area (TPSA) is 79.8 Å². The van der Waals surface area contributed by atoms with Gasteiger partial charge in [0, 0.05) is 30.0 Å². The molecule has 0 aliphatic heterocycles. The minimum atomic E-state index is -0.447. The molecule has 0 fully saturated rings. The summed E-state index contributed by atoms with van der Waals surface area (Å²) in [7, 11) is 1.56. The Morgan fingerprint density at radius 1 is 1.20 bits per heavy atom. The lowest BCUT2D eigenvalue weighted by molar-refractivity contribution is 0.0963. The number of nitrogens with zero attached hydrogens (tertiary/aromatic N) is 3. The van der Waals surface area contributed by atoms with Gasteiger partial charge in [-0.1, -0.05) is 25.4 Å². The monoisotopic (exact) mass is 425 g/mol. The molecule has 8 heteroatoms. The first-order valence-electron chi connectivity index (χ1n) is 9.56. The number of anilines is 2. The Hall–Kier alpha value is -3.06. The standard InChI is InChI=1S/C22H21ClFN5O/c1-22(2)9-14-18(10-22)28-19(13-8-12(23)4-5-16(13)24)29-20(14)27-17-6-7-26-11-15(17)21(30)25-3/h4-8,11H,9-10H2,1-3H3,(H,25,30)(H,26,27,28,29). The van der Waals surface area contributed by atoms with Crippen molar-refractivity contribution in [2.45, 2.75) is 26.7 Å². The van der Waals surface area contributed by atoms with E-state index < -0.39 is 5.82 Å². The Morgan fingerprint density at radius 3 is 2.77 bits per heavy atom. The third-order valence-electron chi connectivity index (χ3n) is 5.11. The molecule has 2 aromatic heterocycles. The third kappa shape index (κ3) is 3.85. The summed E-state index contributed by atoms with van der Waals surface area (Å²) in [5, 5.41) is 6.27. The number of carbonyl (C=O) groups is 1. The summed E-state index contributed by atoms with van der Waals surface area (Å²) in [5.74, 6) is 0.0936. The van der Waals surface area contributed by atoms with E-state index in [0.29, 0.717) is 22.1 Å². The van der Waals surface area contributed by atoms with Gasteiger partial charge >= 0.3 is 0 Å². The number of pyridine rings is 1. The normalized spacial score (nSPS) is 14.3. The van der Waals surface area contributed by atoms with Crippen LogP contribution >= 0.6 is 11.6 Å². The van der Waals surface area contributed by atoms with Crippen LogP contribution in [0.15, 0.2) is 36.7 Å². The van der Waals surface area contributed by atoms with E-state index >= 15 is 0 Å². The second kappa shape index (κ2) is 7.65. The molecule has 0 radical (unpaired) electrons. The van der Waals surface area contributed by atoms with Crippen LogP contribution < -0.4 is 10.6 Å². The molecule has 0 bridgehead atoms. The molecular formula is C22H21ClFN5O. The van der Waals surface area contributed by atoms with Gasteiger partial charge in [0.1, 0.15) is 11.6 Å². The van der Waals surface area contributed by atoms with Crippen LogP contribution in [0.3, 0.4) is 0 Å². The smallest absolute Gasteiger partial charge is 0.254 e. The number of hydrogen-bond acceptors (Lipinski definition) is 5. The highest BCUT2D eigenvalue weighted by atomic mass is 35.5. The molecule has 30 heavy (non-hydrogen) atoms. The fourth-order valence-electron chi connectivity index (χ4n) is 3.70. The zero-order valence-electron chi connectivity index (χ0n) is 16.9. The van der Waals surface area contributed by atoms with E-state index in [1.807, 2.05) is 0 Å². The molecule has 2 N–H and O–H groups in total. The molecule has 1 aliphatic rings. The van der Waals surface area contributed by atoms with Crippen molar-refractivity contribution < 1.29 is 9.18 Å². The fraction of sp³-hybridized carbons (Fsp3) is 0.273. The van der Waals surface area contributed by atoms with E-state index in [0.717, 1.165) is 24.1 Å². The van der Waals surface area contributed by atoms with Crippen LogP contribution in [-0.4, -0.2) is 27.9 Å². The van der Waals surface area contributed by atoms with Crippen LogP contribution in [0.4, 0.5) is 15.9 Å². The summed E-state index contributed by atoms with van der Waals surface area (Å²) in [6, 6.07) is 6.02. The van der Waals surface area contributed by atoms with E-state index in [9.17, 15) is 9.18 Å². The summed E-state index contributed by atoms with van der Waals surface area (Å²) < 4.78 is 14.5. The SMILES string of the molecule is CNC(=O)c1cnccc1Nc1nc(-c2cc(Cl)ccc2F)nc2c1CC(C)(C)C2. The zero-order chi connectivity index (χ0) is 21.5. The largest absolute Gasteiger partial charge is 0.355 e. The Morgan fingerprint density at radius 2 is 2.00 bits per heavy atom. The number of halogens is 2. The van der Waals surface area contributed by atoms with Gasteiger partial charge in [-0.15, -0.1) is 0 Å². The number of nitrogens with one attached hydrogen (secondary N) is 2. The molecule has 3 aromatic rings. The third-order valence-corrected chi connectivity index (χ3v) is 5.34. The maximum absolute atomic E-state index is 14.5. The van der Waals surface area contributed by atoms with Gasteiger partial charge in [0.15, 0.2) is 5.82 Å². The Kier molecular flexibility index (Phi) is 5.15.